The van der Waals surface area contributed by atoms with Gasteiger partial charge in [0, 0.05) is 6.42 Å². The fourth-order valence-electron chi connectivity index (χ4n) is 3.82. The lowest BCUT2D eigenvalue weighted by atomic mass is 10.0. The summed E-state index contributed by atoms with van der Waals surface area (Å²) < 4.78 is 11.6. The third-order valence-electron chi connectivity index (χ3n) is 7.63. The van der Waals surface area contributed by atoms with E-state index in [0.717, 1.165) is 44.9 Å². The minimum Gasteiger partial charge on any atom is -0.466 e. The quantitative estimate of drug-likeness (QED) is 0.0684. The van der Waals surface area contributed by atoms with Crippen molar-refractivity contribution >= 4 is 14.3 Å². The number of hydrogen-bond donors (Lipinski definition) is 0. The topological polar surface area (TPSA) is 35.5 Å². The van der Waals surface area contributed by atoms with E-state index in [1.54, 1.807) is 0 Å². The number of rotatable bonds is 19. The fourth-order valence-corrected chi connectivity index (χ4v) is 4.80. The standard InChI is InChI=1S/C35H62O3Si/c1-12-37-34(36)27-26-33(28-38-39(10,11)35(7,8)9)25-17-24-31(5)20-14-13-19-30(4)22-16-23-32(6)21-15-18-29(2)3/h18-20,23,25H,12-17,21-22,24,26-28H2,1-11H3/b30-19+,31-20+,32-23+,33-25-. The fraction of sp³-hybridized carbons (Fsp3) is 0.686. The number of hydrogen-bond acceptors (Lipinski definition) is 3. The number of allylic oxidation sites excluding steroid dienone is 9. The molecule has 0 spiro atoms. The predicted molar refractivity (Wildman–Crippen MR) is 175 cm³/mol. The molecule has 0 atom stereocenters. The second-order valence-electron chi connectivity index (χ2n) is 12.8. The van der Waals surface area contributed by atoms with Crippen molar-refractivity contribution in [2.24, 2.45) is 0 Å². The molecular formula is C35H62O3Si. The molecule has 0 heterocycles. The molecule has 0 aromatic heterocycles. The van der Waals surface area contributed by atoms with Crippen LogP contribution in [0.1, 0.15) is 127 Å². The average molecular weight is 559 g/mol. The normalized spacial score (nSPS) is 14.0. The Kier molecular flexibility index (Phi) is 19.4. The SMILES string of the molecule is CCOC(=O)CC/C(=C/CC/C(C)=C/CC/C=C(\C)CC/C=C(\C)CCC=C(C)C)CO[Si](C)(C)C(C)(C)C. The predicted octanol–water partition coefficient (Wildman–Crippen LogP) is 11.2. The zero-order valence-corrected chi connectivity index (χ0v) is 28.6. The first-order chi connectivity index (χ1) is 18.2. The van der Waals surface area contributed by atoms with Crippen LogP contribution < -0.4 is 0 Å². The first-order valence-electron chi connectivity index (χ1n) is 15.3. The van der Waals surface area contributed by atoms with E-state index < -0.39 is 8.32 Å². The molecule has 224 valence electrons. The van der Waals surface area contributed by atoms with Crippen molar-refractivity contribution in [3.05, 3.63) is 58.2 Å². The number of esters is 1. The molecule has 0 unspecified atom stereocenters. The highest BCUT2D eigenvalue weighted by Gasteiger charge is 2.37. The number of unbranched alkanes of at least 4 members (excludes halogenated alkanes) is 1. The van der Waals surface area contributed by atoms with Gasteiger partial charge in [-0.15, -0.1) is 0 Å². The molecule has 4 heteroatoms. The molecule has 0 aliphatic carbocycles. The van der Waals surface area contributed by atoms with Crippen LogP contribution >= 0.6 is 0 Å². The van der Waals surface area contributed by atoms with E-state index in [1.165, 1.54) is 34.3 Å². The molecular weight excluding hydrogens is 496 g/mol. The maximum atomic E-state index is 11.9. The third-order valence-corrected chi connectivity index (χ3v) is 12.1. The molecule has 0 N–H and O–H groups in total. The minimum absolute atomic E-state index is 0.124. The van der Waals surface area contributed by atoms with Gasteiger partial charge in [0.2, 0.25) is 0 Å². The van der Waals surface area contributed by atoms with Gasteiger partial charge in [-0.25, -0.2) is 0 Å². The van der Waals surface area contributed by atoms with E-state index >= 15 is 0 Å². The van der Waals surface area contributed by atoms with Crippen LogP contribution in [0.4, 0.5) is 0 Å². The van der Waals surface area contributed by atoms with Gasteiger partial charge in [0.15, 0.2) is 8.32 Å². The van der Waals surface area contributed by atoms with Crippen LogP contribution in [0.15, 0.2) is 58.2 Å². The highest BCUT2D eigenvalue weighted by molar-refractivity contribution is 6.74. The van der Waals surface area contributed by atoms with Crippen LogP contribution in [0.3, 0.4) is 0 Å². The summed E-state index contributed by atoms with van der Waals surface area (Å²) in [6.45, 7) is 25.3. The van der Waals surface area contributed by atoms with Crippen molar-refractivity contribution in [3.8, 4) is 0 Å². The largest absolute Gasteiger partial charge is 0.466 e. The lowest BCUT2D eigenvalue weighted by molar-refractivity contribution is -0.143. The van der Waals surface area contributed by atoms with E-state index in [9.17, 15) is 4.79 Å². The lowest BCUT2D eigenvalue weighted by Gasteiger charge is -2.36. The van der Waals surface area contributed by atoms with Gasteiger partial charge in [0.1, 0.15) is 0 Å². The molecule has 0 radical (unpaired) electrons. The van der Waals surface area contributed by atoms with E-state index in [1.807, 2.05) is 6.92 Å². The maximum Gasteiger partial charge on any atom is 0.306 e. The molecule has 0 saturated heterocycles. The van der Waals surface area contributed by atoms with Crippen LogP contribution in [0.5, 0.6) is 0 Å². The highest BCUT2D eigenvalue weighted by Crippen LogP contribution is 2.37. The van der Waals surface area contributed by atoms with E-state index in [0.29, 0.717) is 26.1 Å². The molecule has 39 heavy (non-hydrogen) atoms. The molecule has 0 amide bonds. The summed E-state index contributed by atoms with van der Waals surface area (Å²) in [6, 6.07) is 0. The van der Waals surface area contributed by atoms with E-state index in [2.05, 4.69) is 98.9 Å². The summed E-state index contributed by atoms with van der Waals surface area (Å²) in [5.74, 6) is -0.124. The van der Waals surface area contributed by atoms with Crippen LogP contribution in [-0.2, 0) is 14.0 Å². The van der Waals surface area contributed by atoms with Gasteiger partial charge < -0.3 is 9.16 Å². The molecule has 0 aromatic carbocycles. The zero-order valence-electron chi connectivity index (χ0n) is 27.6. The number of carbonyl (C=O) groups is 1. The van der Waals surface area contributed by atoms with Gasteiger partial charge in [-0.05, 0) is 123 Å². The average Bonchev–Trinajstić information content (AvgIpc) is 2.82. The molecule has 0 bridgehead atoms. The molecule has 3 nitrogen and oxygen atoms in total. The van der Waals surface area contributed by atoms with Gasteiger partial charge in [0.25, 0.3) is 0 Å². The van der Waals surface area contributed by atoms with Crippen molar-refractivity contribution in [3.63, 3.8) is 0 Å². The Bertz CT molecular complexity index is 859. The van der Waals surface area contributed by atoms with Crippen molar-refractivity contribution < 1.29 is 14.0 Å². The van der Waals surface area contributed by atoms with Crippen molar-refractivity contribution in [2.45, 2.75) is 145 Å². The van der Waals surface area contributed by atoms with Crippen LogP contribution in [-0.4, -0.2) is 27.5 Å². The Morgan fingerprint density at radius 1 is 0.667 bits per heavy atom. The minimum atomic E-state index is -1.83. The molecule has 0 fully saturated rings. The number of ether oxygens (including phenoxy) is 1. The summed E-state index contributed by atoms with van der Waals surface area (Å²) in [7, 11) is -1.83. The Hall–Kier alpha value is -1.65. The summed E-state index contributed by atoms with van der Waals surface area (Å²) in [6.07, 6.45) is 21.8. The van der Waals surface area contributed by atoms with Crippen molar-refractivity contribution in [1.82, 2.24) is 0 Å². The molecule has 0 aliphatic rings. The van der Waals surface area contributed by atoms with Crippen LogP contribution in [0.2, 0.25) is 18.1 Å². The Morgan fingerprint density at radius 3 is 1.59 bits per heavy atom. The van der Waals surface area contributed by atoms with Crippen molar-refractivity contribution in [2.75, 3.05) is 13.2 Å². The van der Waals surface area contributed by atoms with Gasteiger partial charge >= 0.3 is 5.97 Å². The third kappa shape index (κ3) is 20.0. The number of carbonyl (C=O) groups excluding carboxylic acids is 1. The Morgan fingerprint density at radius 2 is 1.13 bits per heavy atom. The smallest absolute Gasteiger partial charge is 0.306 e. The molecule has 0 saturated carbocycles. The lowest BCUT2D eigenvalue weighted by Crippen LogP contribution is -2.41. The maximum absolute atomic E-state index is 11.9. The Labute approximate surface area is 244 Å². The summed E-state index contributed by atoms with van der Waals surface area (Å²) in [5.41, 5.74) is 7.06. The summed E-state index contributed by atoms with van der Waals surface area (Å²) in [4.78, 5) is 11.9. The summed E-state index contributed by atoms with van der Waals surface area (Å²) >= 11 is 0. The van der Waals surface area contributed by atoms with Gasteiger partial charge in [-0.3, -0.25) is 4.79 Å². The second kappa shape index (κ2) is 20.3. The summed E-state index contributed by atoms with van der Waals surface area (Å²) in [5, 5.41) is 0.173. The first-order valence-corrected chi connectivity index (χ1v) is 18.2. The van der Waals surface area contributed by atoms with Crippen LogP contribution in [0, 0.1) is 0 Å². The van der Waals surface area contributed by atoms with Crippen LogP contribution in [0.25, 0.3) is 0 Å². The van der Waals surface area contributed by atoms with Gasteiger partial charge in [-0.2, -0.15) is 0 Å². The van der Waals surface area contributed by atoms with E-state index in [-0.39, 0.29) is 11.0 Å². The molecule has 0 aliphatic heterocycles. The Balaban J connectivity index is 4.70. The zero-order chi connectivity index (χ0) is 29.9. The first kappa shape index (κ1) is 37.3. The van der Waals surface area contributed by atoms with Crippen molar-refractivity contribution in [1.29, 1.82) is 0 Å². The monoisotopic (exact) mass is 558 g/mol. The molecule has 0 aromatic rings. The molecule has 0 rings (SSSR count). The van der Waals surface area contributed by atoms with Gasteiger partial charge in [-0.1, -0.05) is 73.4 Å². The second-order valence-corrected chi connectivity index (χ2v) is 17.7. The highest BCUT2D eigenvalue weighted by atomic mass is 28.4. The van der Waals surface area contributed by atoms with Gasteiger partial charge in [0.05, 0.1) is 13.2 Å². The van der Waals surface area contributed by atoms with E-state index in [4.69, 9.17) is 9.16 Å².